The van der Waals surface area contributed by atoms with E-state index in [4.69, 9.17) is 0 Å². The highest BCUT2D eigenvalue weighted by Crippen LogP contribution is 2.22. The van der Waals surface area contributed by atoms with E-state index < -0.39 is 0 Å². The molecular weight excluding hydrogens is 338 g/mol. The number of likely N-dealkylation sites (tertiary alicyclic amines) is 2. The SMILES string of the molecule is Cc1nc2ccc(NC(=O)N3CCCC[C@@H]3CN3CCCC3)cc2nc1C. The summed E-state index contributed by atoms with van der Waals surface area (Å²) in [6, 6.07) is 6.11. The largest absolute Gasteiger partial charge is 0.322 e. The smallest absolute Gasteiger partial charge is 0.320 e. The molecule has 0 radical (unpaired) electrons. The third kappa shape index (κ3) is 4.05. The van der Waals surface area contributed by atoms with Crippen LogP contribution in [0.3, 0.4) is 0 Å². The molecule has 2 aliphatic rings. The number of urea groups is 1. The fourth-order valence-corrected chi connectivity index (χ4v) is 4.22. The summed E-state index contributed by atoms with van der Waals surface area (Å²) in [5, 5.41) is 3.09. The van der Waals surface area contributed by atoms with Crippen LogP contribution in [-0.2, 0) is 0 Å². The molecule has 2 fully saturated rings. The summed E-state index contributed by atoms with van der Waals surface area (Å²) in [4.78, 5) is 26.7. The van der Waals surface area contributed by atoms with E-state index in [0.29, 0.717) is 6.04 Å². The summed E-state index contributed by atoms with van der Waals surface area (Å²) < 4.78 is 0. The topological polar surface area (TPSA) is 61.4 Å². The Morgan fingerprint density at radius 1 is 1.04 bits per heavy atom. The molecule has 0 spiro atoms. The predicted molar refractivity (Wildman–Crippen MR) is 108 cm³/mol. The number of piperidine rings is 1. The molecule has 6 nitrogen and oxygen atoms in total. The lowest BCUT2D eigenvalue weighted by molar-refractivity contribution is 0.136. The highest BCUT2D eigenvalue weighted by molar-refractivity contribution is 5.92. The van der Waals surface area contributed by atoms with Gasteiger partial charge in [0.15, 0.2) is 0 Å². The van der Waals surface area contributed by atoms with E-state index in [1.165, 1.54) is 32.4 Å². The molecule has 2 aromatic rings. The van der Waals surface area contributed by atoms with Crippen LogP contribution in [-0.4, -0.2) is 58.0 Å². The number of fused-ring (bicyclic) bond motifs is 1. The number of nitrogens with one attached hydrogen (secondary N) is 1. The van der Waals surface area contributed by atoms with E-state index in [9.17, 15) is 4.79 Å². The second-order valence-electron chi connectivity index (χ2n) is 7.88. The van der Waals surface area contributed by atoms with Gasteiger partial charge in [-0.25, -0.2) is 14.8 Å². The zero-order chi connectivity index (χ0) is 18.8. The summed E-state index contributed by atoms with van der Waals surface area (Å²) in [7, 11) is 0. The summed E-state index contributed by atoms with van der Waals surface area (Å²) in [6.07, 6.45) is 5.98. The van der Waals surface area contributed by atoms with Crippen LogP contribution in [0.15, 0.2) is 18.2 Å². The molecule has 6 heteroatoms. The van der Waals surface area contributed by atoms with Crippen molar-refractivity contribution in [2.24, 2.45) is 0 Å². The normalized spacial score (nSPS) is 21.0. The second-order valence-corrected chi connectivity index (χ2v) is 7.88. The number of aryl methyl sites for hydroxylation is 2. The molecule has 4 rings (SSSR count). The Kier molecular flexibility index (Phi) is 5.25. The van der Waals surface area contributed by atoms with Crippen LogP contribution in [0, 0.1) is 13.8 Å². The number of amides is 2. The zero-order valence-corrected chi connectivity index (χ0v) is 16.4. The van der Waals surface area contributed by atoms with Gasteiger partial charge in [0, 0.05) is 24.8 Å². The number of anilines is 1. The molecule has 2 saturated heterocycles. The average molecular weight is 367 g/mol. The minimum absolute atomic E-state index is 0.00930. The molecule has 0 saturated carbocycles. The van der Waals surface area contributed by atoms with E-state index in [1.54, 1.807) is 0 Å². The van der Waals surface area contributed by atoms with Gasteiger partial charge in [0.25, 0.3) is 0 Å². The fourth-order valence-electron chi connectivity index (χ4n) is 4.22. The molecule has 144 valence electrons. The molecule has 0 unspecified atom stereocenters. The minimum Gasteiger partial charge on any atom is -0.320 e. The van der Waals surface area contributed by atoms with E-state index in [0.717, 1.165) is 54.0 Å². The van der Waals surface area contributed by atoms with Crippen LogP contribution in [0.5, 0.6) is 0 Å². The highest BCUT2D eigenvalue weighted by Gasteiger charge is 2.29. The summed E-state index contributed by atoms with van der Waals surface area (Å²) in [6.45, 7) is 8.13. The van der Waals surface area contributed by atoms with Gasteiger partial charge >= 0.3 is 6.03 Å². The molecule has 0 bridgehead atoms. The number of hydrogen-bond acceptors (Lipinski definition) is 4. The van der Waals surface area contributed by atoms with Gasteiger partial charge in [-0.1, -0.05) is 0 Å². The fraction of sp³-hybridized carbons (Fsp3) is 0.571. The van der Waals surface area contributed by atoms with Crippen molar-refractivity contribution < 1.29 is 4.79 Å². The second kappa shape index (κ2) is 7.80. The molecule has 2 aliphatic heterocycles. The van der Waals surface area contributed by atoms with Crippen molar-refractivity contribution in [3.05, 3.63) is 29.6 Å². The molecule has 1 aromatic carbocycles. The summed E-state index contributed by atoms with van der Waals surface area (Å²) in [5.41, 5.74) is 4.34. The monoisotopic (exact) mass is 367 g/mol. The standard InChI is InChI=1S/C21H29N5O/c1-15-16(2)23-20-13-17(8-9-19(20)22-15)24-21(27)26-12-4-3-7-18(26)14-25-10-5-6-11-25/h8-9,13,18H,3-7,10-12,14H2,1-2H3,(H,24,27)/t18-/m1/s1. The lowest BCUT2D eigenvalue weighted by atomic mass is 10.0. The lowest BCUT2D eigenvalue weighted by Gasteiger charge is -2.37. The minimum atomic E-state index is 0.00930. The Hall–Kier alpha value is -2.21. The molecule has 1 aromatic heterocycles. The van der Waals surface area contributed by atoms with Crippen LogP contribution in [0.4, 0.5) is 10.5 Å². The van der Waals surface area contributed by atoms with E-state index in [-0.39, 0.29) is 6.03 Å². The molecule has 1 atom stereocenters. The Balaban J connectivity index is 1.48. The summed E-state index contributed by atoms with van der Waals surface area (Å²) >= 11 is 0. The molecule has 1 N–H and O–H groups in total. The number of nitrogens with zero attached hydrogens (tertiary/aromatic N) is 4. The van der Waals surface area contributed by atoms with Crippen LogP contribution < -0.4 is 5.32 Å². The lowest BCUT2D eigenvalue weighted by Crippen LogP contribution is -2.50. The quantitative estimate of drug-likeness (QED) is 0.898. The van der Waals surface area contributed by atoms with Crippen LogP contribution in [0.2, 0.25) is 0 Å². The molecule has 27 heavy (non-hydrogen) atoms. The van der Waals surface area contributed by atoms with Crippen molar-refractivity contribution in [3.8, 4) is 0 Å². The number of rotatable bonds is 3. The maximum Gasteiger partial charge on any atom is 0.322 e. The third-order valence-electron chi connectivity index (χ3n) is 5.88. The highest BCUT2D eigenvalue weighted by atomic mass is 16.2. The van der Waals surface area contributed by atoms with Crippen LogP contribution >= 0.6 is 0 Å². The van der Waals surface area contributed by atoms with Gasteiger partial charge in [-0.3, -0.25) is 0 Å². The first-order valence-corrected chi connectivity index (χ1v) is 10.1. The first-order chi connectivity index (χ1) is 13.1. The maximum absolute atomic E-state index is 13.0. The number of benzene rings is 1. The van der Waals surface area contributed by atoms with Crippen molar-refractivity contribution in [2.45, 2.75) is 52.0 Å². The van der Waals surface area contributed by atoms with Gasteiger partial charge in [-0.05, 0) is 77.2 Å². The van der Waals surface area contributed by atoms with Crippen LogP contribution in [0.1, 0.15) is 43.5 Å². The average Bonchev–Trinajstić information content (AvgIpc) is 3.16. The van der Waals surface area contributed by atoms with Gasteiger partial charge < -0.3 is 15.1 Å². The molecule has 3 heterocycles. The Bertz CT molecular complexity index is 831. The van der Waals surface area contributed by atoms with Gasteiger partial charge in [-0.2, -0.15) is 0 Å². The van der Waals surface area contributed by atoms with Crippen molar-refractivity contribution in [1.29, 1.82) is 0 Å². The van der Waals surface area contributed by atoms with Crippen molar-refractivity contribution in [2.75, 3.05) is 31.5 Å². The number of aromatic nitrogens is 2. The number of carbonyl (C=O) groups excluding carboxylic acids is 1. The zero-order valence-electron chi connectivity index (χ0n) is 16.4. The van der Waals surface area contributed by atoms with Gasteiger partial charge in [0.05, 0.1) is 22.4 Å². The molecule has 0 aliphatic carbocycles. The summed E-state index contributed by atoms with van der Waals surface area (Å²) in [5.74, 6) is 0. The van der Waals surface area contributed by atoms with Gasteiger partial charge in [-0.15, -0.1) is 0 Å². The van der Waals surface area contributed by atoms with Gasteiger partial charge in [0.2, 0.25) is 0 Å². The van der Waals surface area contributed by atoms with Crippen molar-refractivity contribution >= 4 is 22.8 Å². The Labute approximate surface area is 161 Å². The van der Waals surface area contributed by atoms with Gasteiger partial charge in [0.1, 0.15) is 0 Å². The number of carbonyl (C=O) groups is 1. The van der Waals surface area contributed by atoms with E-state index in [1.807, 2.05) is 36.9 Å². The number of hydrogen-bond donors (Lipinski definition) is 1. The molecular formula is C21H29N5O. The third-order valence-corrected chi connectivity index (χ3v) is 5.88. The van der Waals surface area contributed by atoms with Crippen molar-refractivity contribution in [3.63, 3.8) is 0 Å². The Morgan fingerprint density at radius 2 is 1.74 bits per heavy atom. The van der Waals surface area contributed by atoms with Crippen molar-refractivity contribution in [1.82, 2.24) is 19.8 Å². The predicted octanol–water partition coefficient (Wildman–Crippen LogP) is 3.73. The molecule has 2 amide bonds. The van der Waals surface area contributed by atoms with E-state index in [2.05, 4.69) is 20.2 Å². The first kappa shape index (κ1) is 18.2. The Morgan fingerprint density at radius 3 is 2.52 bits per heavy atom. The first-order valence-electron chi connectivity index (χ1n) is 10.1. The van der Waals surface area contributed by atoms with Crippen LogP contribution in [0.25, 0.3) is 11.0 Å². The van der Waals surface area contributed by atoms with E-state index >= 15 is 0 Å². The maximum atomic E-state index is 13.0.